The summed E-state index contributed by atoms with van der Waals surface area (Å²) in [6.07, 6.45) is 0.594. The molecule has 0 saturated carbocycles. The Kier molecular flexibility index (Phi) is 5.51. The summed E-state index contributed by atoms with van der Waals surface area (Å²) in [5, 5.41) is 16.7. The van der Waals surface area contributed by atoms with E-state index in [1.54, 1.807) is 6.07 Å². The van der Waals surface area contributed by atoms with E-state index in [9.17, 15) is 13.0 Å². The van der Waals surface area contributed by atoms with Crippen molar-refractivity contribution in [2.45, 2.75) is 25.2 Å². The molecule has 0 aliphatic heterocycles. The summed E-state index contributed by atoms with van der Waals surface area (Å²) in [6.45, 7) is 3.77. The second-order valence-electron chi connectivity index (χ2n) is 7.24. The number of benzene rings is 2. The molecular weight excluding hydrogens is 478 g/mol. The SMILES string of the molecule is CCc1nc(N=Nc2onc3ccccc23)nc(C)c1Nc1nc2ccc(S(=O)(=O)O)cc2s1. The molecule has 2 N–H and O–H groups in total. The molecule has 0 spiro atoms. The van der Waals surface area contributed by atoms with E-state index in [2.05, 4.69) is 35.7 Å². The van der Waals surface area contributed by atoms with Gasteiger partial charge in [-0.2, -0.15) is 8.42 Å². The van der Waals surface area contributed by atoms with Crippen LogP contribution in [0.4, 0.5) is 22.7 Å². The molecule has 3 aromatic heterocycles. The minimum absolute atomic E-state index is 0.182. The van der Waals surface area contributed by atoms with E-state index in [-0.39, 0.29) is 16.7 Å². The maximum absolute atomic E-state index is 11.4. The number of nitrogens with zero attached hydrogens (tertiary/aromatic N) is 6. The number of hydrogen-bond acceptors (Lipinski definition) is 11. The van der Waals surface area contributed by atoms with Crippen molar-refractivity contribution >= 4 is 65.2 Å². The van der Waals surface area contributed by atoms with E-state index < -0.39 is 10.1 Å². The third-order valence-electron chi connectivity index (χ3n) is 4.97. The number of aryl methyl sites for hydroxylation is 2. The Balaban J connectivity index is 1.45. The van der Waals surface area contributed by atoms with Crippen LogP contribution in [-0.4, -0.2) is 33.1 Å². The van der Waals surface area contributed by atoms with Crippen LogP contribution in [0.5, 0.6) is 0 Å². The van der Waals surface area contributed by atoms with Crippen LogP contribution in [0.1, 0.15) is 18.3 Å². The molecule has 0 atom stereocenters. The van der Waals surface area contributed by atoms with Crippen molar-refractivity contribution in [3.05, 3.63) is 53.9 Å². The Morgan fingerprint density at radius 3 is 2.71 bits per heavy atom. The van der Waals surface area contributed by atoms with Crippen molar-refractivity contribution in [3.8, 4) is 0 Å². The summed E-state index contributed by atoms with van der Waals surface area (Å²) in [5.74, 6) is 0.457. The predicted octanol–water partition coefficient (Wildman–Crippen LogP) is 5.50. The molecule has 0 radical (unpaired) electrons. The molecule has 0 bridgehead atoms. The molecule has 13 heteroatoms. The molecule has 0 saturated heterocycles. The van der Waals surface area contributed by atoms with Crippen LogP contribution in [0.15, 0.2) is 62.1 Å². The zero-order chi connectivity index (χ0) is 23.9. The lowest BCUT2D eigenvalue weighted by atomic mass is 10.2. The fourth-order valence-corrected chi connectivity index (χ4v) is 4.83. The van der Waals surface area contributed by atoms with Crippen LogP contribution in [-0.2, 0) is 16.5 Å². The zero-order valence-electron chi connectivity index (χ0n) is 17.9. The van der Waals surface area contributed by atoms with Gasteiger partial charge in [0.25, 0.3) is 22.0 Å². The van der Waals surface area contributed by atoms with Gasteiger partial charge in [0.05, 0.1) is 37.6 Å². The first-order valence-electron chi connectivity index (χ1n) is 10.1. The highest BCUT2D eigenvalue weighted by molar-refractivity contribution is 7.85. The highest BCUT2D eigenvalue weighted by Gasteiger charge is 2.16. The first-order chi connectivity index (χ1) is 16.3. The Morgan fingerprint density at radius 2 is 1.91 bits per heavy atom. The van der Waals surface area contributed by atoms with Crippen molar-refractivity contribution < 1.29 is 17.5 Å². The number of aromatic nitrogens is 4. The molecule has 0 unspecified atom stereocenters. The summed E-state index contributed by atoms with van der Waals surface area (Å²) < 4.78 is 38.0. The van der Waals surface area contributed by atoms with Gasteiger partial charge < -0.3 is 9.84 Å². The van der Waals surface area contributed by atoms with Crippen molar-refractivity contribution in [2.24, 2.45) is 10.2 Å². The Bertz CT molecular complexity index is 1680. The number of thiazole rings is 1. The monoisotopic (exact) mass is 495 g/mol. The fraction of sp³-hybridized carbons (Fsp3) is 0.143. The largest absolute Gasteiger partial charge is 0.334 e. The number of rotatable bonds is 6. The summed E-state index contributed by atoms with van der Waals surface area (Å²) in [5.41, 5.74) is 3.31. The molecule has 11 nitrogen and oxygen atoms in total. The van der Waals surface area contributed by atoms with Crippen molar-refractivity contribution in [1.29, 1.82) is 0 Å². The van der Waals surface area contributed by atoms with E-state index in [0.717, 1.165) is 5.39 Å². The second-order valence-corrected chi connectivity index (χ2v) is 9.69. The van der Waals surface area contributed by atoms with Gasteiger partial charge in [-0.15, -0.1) is 10.2 Å². The zero-order valence-corrected chi connectivity index (χ0v) is 19.6. The van der Waals surface area contributed by atoms with Crippen LogP contribution in [0.25, 0.3) is 21.1 Å². The topological polar surface area (TPSA) is 156 Å². The van der Waals surface area contributed by atoms with Crippen LogP contribution in [0, 0.1) is 6.92 Å². The van der Waals surface area contributed by atoms with Crippen LogP contribution in [0.3, 0.4) is 0 Å². The minimum atomic E-state index is -4.29. The van der Waals surface area contributed by atoms with Gasteiger partial charge in [-0.05, 0) is 43.7 Å². The Labute approximate surface area is 197 Å². The average Bonchev–Trinajstić information content (AvgIpc) is 3.41. The van der Waals surface area contributed by atoms with Crippen LogP contribution in [0.2, 0.25) is 0 Å². The fourth-order valence-electron chi connectivity index (χ4n) is 3.34. The third kappa shape index (κ3) is 4.23. The molecular formula is C21H17N7O4S2. The highest BCUT2D eigenvalue weighted by Crippen LogP contribution is 2.33. The van der Waals surface area contributed by atoms with E-state index >= 15 is 0 Å². The standard InChI is InChI=1S/C21H17N7O4S2/c1-3-14-18(25-21-24-16-9-8-12(34(29,30)31)10-17(16)33-21)11(2)22-20(23-14)27-26-19-13-6-4-5-7-15(13)28-32-19/h4-10H,3H2,1-2H3,(H,24,25)(H,29,30,31). The maximum atomic E-state index is 11.4. The first-order valence-corrected chi connectivity index (χ1v) is 12.4. The average molecular weight is 496 g/mol. The van der Waals surface area contributed by atoms with Gasteiger partial charge in [-0.25, -0.2) is 15.0 Å². The first kappa shape index (κ1) is 22.0. The molecule has 0 aliphatic carbocycles. The van der Waals surface area contributed by atoms with E-state index in [4.69, 9.17) is 4.52 Å². The highest BCUT2D eigenvalue weighted by atomic mass is 32.2. The number of fused-ring (bicyclic) bond motifs is 2. The second kappa shape index (κ2) is 8.52. The van der Waals surface area contributed by atoms with Gasteiger partial charge in [0.1, 0.15) is 5.52 Å². The van der Waals surface area contributed by atoms with Crippen LogP contribution < -0.4 is 5.32 Å². The lowest BCUT2D eigenvalue weighted by molar-refractivity contribution is 0.436. The van der Waals surface area contributed by atoms with Crippen LogP contribution >= 0.6 is 11.3 Å². The molecule has 2 aromatic carbocycles. The number of hydrogen-bond donors (Lipinski definition) is 2. The minimum Gasteiger partial charge on any atom is -0.334 e. The maximum Gasteiger partial charge on any atom is 0.294 e. The predicted molar refractivity (Wildman–Crippen MR) is 127 cm³/mol. The van der Waals surface area contributed by atoms with Gasteiger partial charge in [0, 0.05) is 0 Å². The van der Waals surface area contributed by atoms with Gasteiger partial charge in [-0.1, -0.05) is 35.5 Å². The number of nitrogens with one attached hydrogen (secondary N) is 1. The summed E-state index contributed by atoms with van der Waals surface area (Å²) in [4.78, 5) is 13.2. The van der Waals surface area contributed by atoms with Crippen molar-refractivity contribution in [1.82, 2.24) is 20.1 Å². The summed E-state index contributed by atoms with van der Waals surface area (Å²) in [7, 11) is -4.29. The van der Waals surface area contributed by atoms with E-state index in [1.807, 2.05) is 38.1 Å². The lowest BCUT2D eigenvalue weighted by Gasteiger charge is -2.10. The van der Waals surface area contributed by atoms with Gasteiger partial charge in [0.2, 0.25) is 0 Å². The molecule has 5 aromatic rings. The molecule has 3 heterocycles. The van der Waals surface area contributed by atoms with Gasteiger partial charge >= 0.3 is 0 Å². The normalized spacial score (nSPS) is 12.2. The molecule has 0 amide bonds. The number of azo groups is 1. The molecule has 0 fully saturated rings. The van der Waals surface area contributed by atoms with Gasteiger partial charge in [0.15, 0.2) is 5.13 Å². The number of anilines is 2. The van der Waals surface area contributed by atoms with Gasteiger partial charge in [-0.3, -0.25) is 4.55 Å². The Morgan fingerprint density at radius 1 is 1.09 bits per heavy atom. The smallest absolute Gasteiger partial charge is 0.294 e. The molecule has 0 aliphatic rings. The third-order valence-corrected chi connectivity index (χ3v) is 6.76. The van der Waals surface area contributed by atoms with Crippen molar-refractivity contribution in [3.63, 3.8) is 0 Å². The van der Waals surface area contributed by atoms with E-state index in [1.165, 1.54) is 23.5 Å². The van der Waals surface area contributed by atoms with Crippen molar-refractivity contribution in [2.75, 3.05) is 5.32 Å². The lowest BCUT2D eigenvalue weighted by Crippen LogP contribution is -2.03. The quantitative estimate of drug-likeness (QED) is 0.229. The Hall–Kier alpha value is -3.81. The summed E-state index contributed by atoms with van der Waals surface area (Å²) in [6, 6.07) is 11.6. The molecule has 5 rings (SSSR count). The molecule has 172 valence electrons. The molecule has 34 heavy (non-hydrogen) atoms. The summed E-state index contributed by atoms with van der Waals surface area (Å²) >= 11 is 1.25. The van der Waals surface area contributed by atoms with E-state index in [0.29, 0.717) is 44.4 Å².